The normalized spacial score (nSPS) is 21.5. The van der Waals surface area contributed by atoms with Gasteiger partial charge in [0.15, 0.2) is 0 Å². The molecule has 0 N–H and O–H groups in total. The van der Waals surface area contributed by atoms with Crippen molar-refractivity contribution in [1.82, 2.24) is 0 Å². The van der Waals surface area contributed by atoms with E-state index in [4.69, 9.17) is 18.6 Å². The van der Waals surface area contributed by atoms with Crippen molar-refractivity contribution in [3.8, 4) is 0 Å². The fraction of sp³-hybridized carbons (Fsp3) is 0.241. The zero-order valence-electron chi connectivity index (χ0n) is 19.8. The first-order chi connectivity index (χ1) is 15.5. The molecule has 0 saturated heterocycles. The van der Waals surface area contributed by atoms with Gasteiger partial charge in [0.25, 0.3) is 0 Å². The molecule has 0 spiro atoms. The maximum atomic E-state index is 8.43. The van der Waals surface area contributed by atoms with Gasteiger partial charge >= 0.3 is 207 Å². The predicted molar refractivity (Wildman–Crippen MR) is 146 cm³/mol. The van der Waals surface area contributed by atoms with Crippen LogP contribution in [0.1, 0.15) is 61.2 Å². The summed E-state index contributed by atoms with van der Waals surface area (Å²) in [6, 6.07) is 23.9. The predicted octanol–water partition coefficient (Wildman–Crippen LogP) is 8.20. The SMILES string of the molecule is CC1=Cc2c(C)cccc2[CH]1[Ti](=[SiH2])([Cl])([Cl])([CH2]c1ccccc1)[CH]1C(C)=Cc2c(C)cccc21. The Hall–Kier alpha value is -1.35. The van der Waals surface area contributed by atoms with Crippen LogP contribution in [0, 0.1) is 13.8 Å². The number of halogens is 2. The quantitative estimate of drug-likeness (QED) is 0.301. The van der Waals surface area contributed by atoms with Gasteiger partial charge in [0.1, 0.15) is 0 Å². The van der Waals surface area contributed by atoms with E-state index in [1.807, 2.05) is 7.63 Å². The Labute approximate surface area is 205 Å². The van der Waals surface area contributed by atoms with Gasteiger partial charge in [-0.2, -0.15) is 0 Å². The maximum absolute atomic E-state index is 8.43. The van der Waals surface area contributed by atoms with Gasteiger partial charge in [-0.25, -0.2) is 0 Å². The third-order valence-corrected chi connectivity index (χ3v) is 26.6. The molecule has 3 aromatic rings. The summed E-state index contributed by atoms with van der Waals surface area (Å²) in [6.45, 7) is 8.86. The van der Waals surface area contributed by atoms with E-state index in [0.29, 0.717) is 0 Å². The zero-order valence-corrected chi connectivity index (χ0v) is 24.3. The summed E-state index contributed by atoms with van der Waals surface area (Å²) >= 11 is 0. The van der Waals surface area contributed by atoms with Gasteiger partial charge < -0.3 is 0 Å². The summed E-state index contributed by atoms with van der Waals surface area (Å²) in [5.74, 6) is 0. The molecule has 0 nitrogen and oxygen atoms in total. The summed E-state index contributed by atoms with van der Waals surface area (Å²) < 4.78 is 0.776. The number of allylic oxidation sites excluding steroid dienone is 2. The molecule has 0 fully saturated rings. The van der Waals surface area contributed by atoms with Gasteiger partial charge in [-0.15, -0.1) is 0 Å². The summed E-state index contributed by atoms with van der Waals surface area (Å²) in [4.78, 5) is 0. The van der Waals surface area contributed by atoms with Crippen LogP contribution in [-0.2, 0) is 15.4 Å². The molecule has 0 amide bonds. The molecule has 0 radical (unpaired) electrons. The van der Waals surface area contributed by atoms with Gasteiger partial charge in [0, 0.05) is 0 Å². The van der Waals surface area contributed by atoms with Crippen LogP contribution in [0.15, 0.2) is 77.9 Å². The molecule has 2 aliphatic rings. The Morgan fingerprint density at radius 3 is 1.58 bits per heavy atom. The van der Waals surface area contributed by atoms with Crippen molar-refractivity contribution < 1.29 is 10.6 Å². The first kappa shape index (κ1) is 23.4. The van der Waals surface area contributed by atoms with Crippen LogP contribution in [0.25, 0.3) is 12.2 Å². The number of hydrogen-bond donors (Lipinski definition) is 0. The van der Waals surface area contributed by atoms with Crippen LogP contribution in [0.4, 0.5) is 0 Å². The number of hydrogen-bond acceptors (Lipinski definition) is 0. The molecule has 0 bridgehead atoms. The number of aryl methyl sites for hydroxylation is 2. The van der Waals surface area contributed by atoms with Crippen LogP contribution in [0.5, 0.6) is 0 Å². The summed E-state index contributed by atoms with van der Waals surface area (Å²) in [5.41, 5.74) is 11.6. The summed E-state index contributed by atoms with van der Waals surface area (Å²) in [6.07, 6.45) is 4.68. The standard InChI is InChI=1S/2C11H11.C7H7.2ClH.H2Si.Ti/c2*1-8-6-10-5-3-4-9(2)11(10)7-8;1-7-5-3-2-4-6-7;;;;/h2*3-7H,1-2H3;2-6H,1H2;2*1H;1H2;/q;;;;;;+2/p-2. The van der Waals surface area contributed by atoms with E-state index in [1.54, 1.807) is 0 Å². The van der Waals surface area contributed by atoms with Crippen molar-refractivity contribution in [2.75, 3.05) is 0 Å². The van der Waals surface area contributed by atoms with Crippen molar-refractivity contribution in [3.63, 3.8) is 0 Å². The van der Waals surface area contributed by atoms with Gasteiger partial charge in [0.2, 0.25) is 0 Å². The molecule has 33 heavy (non-hydrogen) atoms. The molecule has 2 atom stereocenters. The minimum absolute atomic E-state index is 0.0292. The van der Waals surface area contributed by atoms with Gasteiger partial charge in [-0.1, -0.05) is 0 Å². The second-order valence-electron chi connectivity index (χ2n) is 10.7. The van der Waals surface area contributed by atoms with Crippen molar-refractivity contribution in [2.45, 2.75) is 40.9 Å². The molecule has 0 aromatic heterocycles. The number of fused-ring (bicyclic) bond motifs is 2. The number of benzene rings is 3. The Bertz CT molecular complexity index is 1370. The molecular weight excluding hydrogens is 495 g/mol. The van der Waals surface area contributed by atoms with Crippen LogP contribution in [0.2, 0.25) is 0 Å². The van der Waals surface area contributed by atoms with E-state index in [2.05, 4.69) is 107 Å². The third kappa shape index (κ3) is 3.43. The summed E-state index contributed by atoms with van der Waals surface area (Å²) in [7, 11) is 13.8. The van der Waals surface area contributed by atoms with Crippen molar-refractivity contribution in [1.29, 1.82) is 0 Å². The molecule has 169 valence electrons. The topological polar surface area (TPSA) is 0 Å². The first-order valence-electron chi connectivity index (χ1n) is 11.7. The Morgan fingerprint density at radius 2 is 1.12 bits per heavy atom. The van der Waals surface area contributed by atoms with Crippen molar-refractivity contribution >= 4 is 38.4 Å². The third-order valence-electron chi connectivity index (χ3n) is 8.09. The van der Waals surface area contributed by atoms with Crippen LogP contribution < -0.4 is 0 Å². The van der Waals surface area contributed by atoms with E-state index in [1.165, 1.54) is 50.1 Å². The van der Waals surface area contributed by atoms with Crippen molar-refractivity contribution in [3.05, 3.63) is 117 Å². The zero-order chi connectivity index (χ0) is 23.7. The van der Waals surface area contributed by atoms with Crippen LogP contribution in [-0.4, -0.2) is 7.63 Å². The fourth-order valence-corrected chi connectivity index (χ4v) is 29.5. The fourth-order valence-electron chi connectivity index (χ4n) is 7.02. The monoisotopic (exact) mass is 525 g/mol. The van der Waals surface area contributed by atoms with Gasteiger partial charge in [0.05, 0.1) is 0 Å². The first-order valence-corrected chi connectivity index (χ1v) is 22.9. The van der Waals surface area contributed by atoms with E-state index in [9.17, 15) is 0 Å². The van der Waals surface area contributed by atoms with Gasteiger partial charge in [-0.05, 0) is 0 Å². The van der Waals surface area contributed by atoms with Crippen LogP contribution in [0.3, 0.4) is 0 Å². The molecule has 4 heteroatoms. The van der Waals surface area contributed by atoms with E-state index in [-0.39, 0.29) is 8.45 Å². The Kier molecular flexibility index (Phi) is 5.19. The average molecular weight is 526 g/mol. The molecular formula is C29H31Cl2SiTi. The van der Waals surface area contributed by atoms with Gasteiger partial charge in [-0.3, -0.25) is 0 Å². The molecule has 5 rings (SSSR count). The minimum atomic E-state index is -5.08. The molecule has 2 aliphatic carbocycles. The molecule has 3 aromatic carbocycles. The van der Waals surface area contributed by atoms with Crippen molar-refractivity contribution in [2.24, 2.45) is 0 Å². The molecule has 2 unspecified atom stereocenters. The Morgan fingerprint density at radius 1 is 0.667 bits per heavy atom. The molecule has 0 aliphatic heterocycles. The second kappa shape index (κ2) is 7.33. The Balaban J connectivity index is 1.87. The van der Waals surface area contributed by atoms with Crippen LogP contribution >= 0.6 is 18.6 Å². The second-order valence-corrected chi connectivity index (χ2v) is 42.6. The molecule has 0 saturated carbocycles. The summed E-state index contributed by atoms with van der Waals surface area (Å²) in [5, 5.41) is 0. The number of rotatable bonds is 4. The van der Waals surface area contributed by atoms with E-state index < -0.39 is 10.6 Å². The molecule has 0 heterocycles. The average Bonchev–Trinajstić information content (AvgIpc) is 3.28. The van der Waals surface area contributed by atoms with E-state index in [0.717, 1.165) is 4.73 Å². The van der Waals surface area contributed by atoms with E-state index >= 15 is 0 Å².